The zero-order chi connectivity index (χ0) is 22.6. The Bertz CT molecular complexity index is 1030. The van der Waals surface area contributed by atoms with Crippen molar-refractivity contribution in [3.05, 3.63) is 53.9 Å². The van der Waals surface area contributed by atoms with Gasteiger partial charge < -0.3 is 14.2 Å². The zero-order valence-electron chi connectivity index (χ0n) is 18.2. The third-order valence-electron chi connectivity index (χ3n) is 5.50. The van der Waals surface area contributed by atoms with Crippen LogP contribution in [0.4, 0.5) is 0 Å². The number of nitrogens with zero attached hydrogens (tertiary/aromatic N) is 3. The first-order valence-corrected chi connectivity index (χ1v) is 11.8. The summed E-state index contributed by atoms with van der Waals surface area (Å²) < 4.78 is 33.6. The van der Waals surface area contributed by atoms with E-state index in [9.17, 15) is 18.0 Å². The van der Waals surface area contributed by atoms with Crippen LogP contribution in [0, 0.1) is 5.92 Å². The maximum atomic E-state index is 13.4. The maximum Gasteiger partial charge on any atom is 0.310 e. The van der Waals surface area contributed by atoms with Crippen molar-refractivity contribution in [1.29, 1.82) is 0 Å². The van der Waals surface area contributed by atoms with Gasteiger partial charge in [-0.2, -0.15) is 4.31 Å². The molecule has 8 nitrogen and oxygen atoms in total. The van der Waals surface area contributed by atoms with Crippen LogP contribution in [0.2, 0.25) is 0 Å². The average Bonchev–Trinajstić information content (AvgIpc) is 3.43. The van der Waals surface area contributed by atoms with Gasteiger partial charge in [-0.1, -0.05) is 37.3 Å². The van der Waals surface area contributed by atoms with Gasteiger partial charge in [-0.25, -0.2) is 8.42 Å². The summed E-state index contributed by atoms with van der Waals surface area (Å²) in [6.45, 7) is 3.14. The number of ether oxygens (including phenoxy) is 1. The first-order chi connectivity index (χ1) is 14.7. The molecule has 0 radical (unpaired) electrons. The number of rotatable bonds is 8. The maximum absolute atomic E-state index is 13.4. The molecule has 3 rings (SSSR count). The molecule has 1 unspecified atom stereocenters. The first kappa shape index (κ1) is 23.0. The predicted molar refractivity (Wildman–Crippen MR) is 116 cm³/mol. The summed E-state index contributed by atoms with van der Waals surface area (Å²) in [5.74, 6) is -1.27. The summed E-state index contributed by atoms with van der Waals surface area (Å²) in [6, 6.07) is 10.9. The van der Waals surface area contributed by atoms with Gasteiger partial charge >= 0.3 is 5.97 Å². The molecule has 0 spiro atoms. The van der Waals surface area contributed by atoms with E-state index in [1.165, 1.54) is 28.2 Å². The number of carbonyl (C=O) groups excluding carboxylic acids is 2. The van der Waals surface area contributed by atoms with Gasteiger partial charge in [-0.15, -0.1) is 0 Å². The zero-order valence-corrected chi connectivity index (χ0v) is 19.0. The second-order valence-electron chi connectivity index (χ2n) is 7.88. The van der Waals surface area contributed by atoms with Crippen molar-refractivity contribution in [3.63, 3.8) is 0 Å². The molecule has 1 atom stereocenters. The van der Waals surface area contributed by atoms with E-state index >= 15 is 0 Å². The number of esters is 1. The fourth-order valence-corrected chi connectivity index (χ4v) is 5.35. The van der Waals surface area contributed by atoms with Crippen LogP contribution < -0.4 is 0 Å². The molecule has 1 aliphatic rings. The van der Waals surface area contributed by atoms with E-state index in [4.69, 9.17) is 4.74 Å². The number of hydrogen-bond donors (Lipinski definition) is 0. The molecule has 1 aromatic heterocycles. The van der Waals surface area contributed by atoms with Crippen molar-refractivity contribution in [1.82, 2.24) is 13.8 Å². The van der Waals surface area contributed by atoms with Crippen LogP contribution in [0.15, 0.2) is 47.5 Å². The van der Waals surface area contributed by atoms with E-state index < -0.39 is 21.9 Å². The van der Waals surface area contributed by atoms with Crippen LogP contribution in [0.1, 0.15) is 35.8 Å². The number of aromatic nitrogens is 1. The van der Waals surface area contributed by atoms with Gasteiger partial charge in [0.05, 0.1) is 13.0 Å². The third-order valence-corrected chi connectivity index (χ3v) is 7.37. The van der Waals surface area contributed by atoms with Crippen LogP contribution >= 0.6 is 0 Å². The Balaban J connectivity index is 1.89. The molecule has 0 saturated carbocycles. The van der Waals surface area contributed by atoms with Gasteiger partial charge in [0.1, 0.15) is 10.6 Å². The van der Waals surface area contributed by atoms with Gasteiger partial charge in [-0.05, 0) is 24.5 Å². The molecular weight excluding hydrogens is 418 g/mol. The molecule has 2 aromatic rings. The number of methoxy groups -OCH3 is 1. The van der Waals surface area contributed by atoms with Gasteiger partial charge in [0, 0.05) is 39.4 Å². The quantitative estimate of drug-likeness (QED) is 0.579. The Morgan fingerprint density at radius 1 is 1.16 bits per heavy atom. The number of hydrogen-bond acceptors (Lipinski definition) is 5. The fraction of sp³-hybridized carbons (Fsp3) is 0.455. The Morgan fingerprint density at radius 2 is 1.81 bits per heavy atom. The van der Waals surface area contributed by atoms with Gasteiger partial charge in [0.2, 0.25) is 10.0 Å². The Kier molecular flexibility index (Phi) is 7.17. The smallest absolute Gasteiger partial charge is 0.310 e. The molecule has 168 valence electrons. The number of amides is 1. The van der Waals surface area contributed by atoms with Crippen LogP contribution in [-0.4, -0.2) is 60.8 Å². The molecule has 1 aliphatic heterocycles. The average molecular weight is 448 g/mol. The number of benzene rings is 1. The lowest BCUT2D eigenvalue weighted by Gasteiger charge is -2.25. The Labute approximate surface area is 183 Å². The lowest BCUT2D eigenvalue weighted by Crippen LogP contribution is -2.37. The monoisotopic (exact) mass is 447 g/mol. The highest BCUT2D eigenvalue weighted by Gasteiger charge is 2.31. The van der Waals surface area contributed by atoms with E-state index in [-0.39, 0.29) is 23.0 Å². The lowest BCUT2D eigenvalue weighted by atomic mass is 10.1. The van der Waals surface area contributed by atoms with Crippen LogP contribution in [0.5, 0.6) is 0 Å². The van der Waals surface area contributed by atoms with Gasteiger partial charge in [0.25, 0.3) is 5.91 Å². The highest BCUT2D eigenvalue weighted by molar-refractivity contribution is 7.89. The highest BCUT2D eigenvalue weighted by atomic mass is 32.2. The van der Waals surface area contributed by atoms with Gasteiger partial charge in [-0.3, -0.25) is 9.59 Å². The first-order valence-electron chi connectivity index (χ1n) is 10.3. The van der Waals surface area contributed by atoms with Crippen molar-refractivity contribution in [3.8, 4) is 0 Å². The topological polar surface area (TPSA) is 88.9 Å². The Hall–Kier alpha value is -2.65. The fourth-order valence-electron chi connectivity index (χ4n) is 3.76. The van der Waals surface area contributed by atoms with E-state index in [0.29, 0.717) is 19.6 Å². The predicted octanol–water partition coefficient (Wildman–Crippen LogP) is 2.26. The van der Waals surface area contributed by atoms with Crippen molar-refractivity contribution in [2.24, 2.45) is 13.0 Å². The van der Waals surface area contributed by atoms with E-state index in [0.717, 1.165) is 18.4 Å². The molecule has 2 heterocycles. The Morgan fingerprint density at radius 3 is 2.42 bits per heavy atom. The van der Waals surface area contributed by atoms with Crippen LogP contribution in [0.3, 0.4) is 0 Å². The molecule has 1 aromatic carbocycles. The minimum absolute atomic E-state index is 0.112. The largest absolute Gasteiger partial charge is 0.469 e. The second kappa shape index (κ2) is 9.65. The molecule has 9 heteroatoms. The number of sulfonamides is 1. The normalized spacial score (nSPS) is 15.6. The third kappa shape index (κ3) is 5.16. The minimum atomic E-state index is -3.63. The summed E-state index contributed by atoms with van der Waals surface area (Å²) in [6.07, 6.45) is 3.16. The summed E-state index contributed by atoms with van der Waals surface area (Å²) in [7, 11) is -0.663. The van der Waals surface area contributed by atoms with Crippen molar-refractivity contribution < 1.29 is 22.7 Å². The standard InChI is InChI=1S/C22H29N3O5S/c1-17(22(27)30-3)14-24(15-18-9-5-4-6-10-18)21(26)20-13-19(16-23(20)2)31(28,29)25-11-7-8-12-25/h4-6,9-10,13,16-17H,7-8,11-12,14-15H2,1-3H3. The summed E-state index contributed by atoms with van der Waals surface area (Å²) in [5, 5.41) is 0. The van der Waals surface area contributed by atoms with Crippen molar-refractivity contribution in [2.75, 3.05) is 26.7 Å². The summed E-state index contributed by atoms with van der Waals surface area (Å²) in [5.41, 5.74) is 1.16. The minimum Gasteiger partial charge on any atom is -0.469 e. The number of carbonyl (C=O) groups is 2. The van der Waals surface area contributed by atoms with Crippen LogP contribution in [-0.2, 0) is 33.1 Å². The molecule has 0 aliphatic carbocycles. The van der Waals surface area contributed by atoms with Crippen molar-refractivity contribution >= 4 is 21.9 Å². The summed E-state index contributed by atoms with van der Waals surface area (Å²) in [4.78, 5) is 27.0. The van der Waals surface area contributed by atoms with Crippen molar-refractivity contribution in [2.45, 2.75) is 31.2 Å². The molecule has 0 N–H and O–H groups in total. The second-order valence-corrected chi connectivity index (χ2v) is 9.82. The molecule has 1 fully saturated rings. The van der Waals surface area contributed by atoms with Gasteiger partial charge in [0.15, 0.2) is 0 Å². The van der Waals surface area contributed by atoms with Crippen LogP contribution in [0.25, 0.3) is 0 Å². The van der Waals surface area contributed by atoms with E-state index in [1.807, 2.05) is 30.3 Å². The summed E-state index contributed by atoms with van der Waals surface area (Å²) >= 11 is 0. The van der Waals surface area contributed by atoms with E-state index in [2.05, 4.69) is 0 Å². The molecule has 0 bridgehead atoms. The highest BCUT2D eigenvalue weighted by Crippen LogP contribution is 2.24. The van der Waals surface area contributed by atoms with E-state index in [1.54, 1.807) is 18.9 Å². The lowest BCUT2D eigenvalue weighted by molar-refractivity contribution is -0.145. The molecule has 1 amide bonds. The number of aryl methyl sites for hydroxylation is 1. The molecular formula is C22H29N3O5S. The SMILES string of the molecule is COC(=O)C(C)CN(Cc1ccccc1)C(=O)c1cc(S(=O)(=O)N2CCCC2)cn1C. The molecule has 31 heavy (non-hydrogen) atoms. The molecule has 1 saturated heterocycles.